The van der Waals surface area contributed by atoms with E-state index in [9.17, 15) is 0 Å². The van der Waals surface area contributed by atoms with Crippen LogP contribution >= 0.6 is 0 Å². The molecule has 3 aromatic heterocycles. The number of hydrogen-bond donors (Lipinski definition) is 0. The molecule has 0 bridgehead atoms. The van der Waals surface area contributed by atoms with Gasteiger partial charge in [0.15, 0.2) is 40.8 Å². The maximum atomic E-state index is 5.06. The Hall–Kier alpha value is -6.87. The highest BCUT2D eigenvalue weighted by Gasteiger charge is 2.18. The number of benzene rings is 5. The first-order valence-electron chi connectivity index (χ1n) is 18.0. The minimum Gasteiger partial charge on any atom is -0.213 e. The maximum Gasteiger partial charge on any atom is 0.164 e. The molecular weight excluding hydrogens is 667 g/mol. The molecule has 0 N–H and O–H groups in total. The van der Waals surface area contributed by atoms with Crippen LogP contribution in [0.15, 0.2) is 140 Å². The lowest BCUT2D eigenvalue weighted by Crippen LogP contribution is -2.05. The van der Waals surface area contributed by atoms with Gasteiger partial charge in [-0.15, -0.1) is 0 Å². The summed E-state index contributed by atoms with van der Waals surface area (Å²) in [5.41, 5.74) is 6.05. The average Bonchev–Trinajstić information content (AvgIpc) is 3.24. The van der Waals surface area contributed by atoms with Crippen LogP contribution in [0.2, 0.25) is 0 Å². The maximum absolute atomic E-state index is 5.06. The van der Waals surface area contributed by atoms with Gasteiger partial charge in [-0.1, -0.05) is 155 Å². The Morgan fingerprint density at radius 1 is 0.259 bits per heavy atom. The van der Waals surface area contributed by atoms with Gasteiger partial charge >= 0.3 is 0 Å². The summed E-state index contributed by atoms with van der Waals surface area (Å²) < 4.78 is 0. The normalized spacial score (nSPS) is 11.3. The Bertz CT molecular complexity index is 2400. The summed E-state index contributed by atoms with van der Waals surface area (Å²) in [5, 5.41) is 0. The summed E-state index contributed by atoms with van der Waals surface area (Å²) in [6.45, 7) is 8.35. The van der Waals surface area contributed by atoms with Gasteiger partial charge in [-0.2, -0.15) is 0 Å². The molecule has 0 amide bonds. The van der Waals surface area contributed by atoms with Crippen LogP contribution in [-0.2, 0) is 0 Å². The highest BCUT2D eigenvalue weighted by molar-refractivity contribution is 5.73. The van der Waals surface area contributed by atoms with Crippen LogP contribution in [0.1, 0.15) is 51.2 Å². The Labute approximate surface area is 314 Å². The zero-order valence-corrected chi connectivity index (χ0v) is 30.5. The molecule has 0 saturated carbocycles. The van der Waals surface area contributed by atoms with Crippen LogP contribution in [0, 0.1) is 0 Å². The molecule has 0 aliphatic carbocycles. The van der Waals surface area contributed by atoms with Crippen molar-refractivity contribution in [2.24, 2.45) is 0 Å². The molecule has 8 rings (SSSR count). The predicted molar refractivity (Wildman–Crippen MR) is 213 cm³/mol. The van der Waals surface area contributed by atoms with Gasteiger partial charge in [-0.3, -0.25) is 0 Å². The van der Waals surface area contributed by atoms with Gasteiger partial charge in [-0.05, 0) is 12.1 Å². The molecule has 0 unspecified atom stereocenters. The van der Waals surface area contributed by atoms with Crippen molar-refractivity contribution in [3.8, 4) is 79.7 Å². The second kappa shape index (κ2) is 15.0. The van der Waals surface area contributed by atoms with E-state index in [0.717, 1.165) is 50.6 Å². The lowest BCUT2D eigenvalue weighted by Gasteiger charge is -2.12. The van der Waals surface area contributed by atoms with Gasteiger partial charge in [0.05, 0.1) is 0 Å². The highest BCUT2D eigenvalue weighted by Crippen LogP contribution is 2.31. The van der Waals surface area contributed by atoms with E-state index >= 15 is 0 Å². The van der Waals surface area contributed by atoms with Crippen molar-refractivity contribution in [1.82, 2.24) is 44.9 Å². The first-order chi connectivity index (χ1) is 26.4. The molecule has 0 saturated heterocycles. The second-order valence-corrected chi connectivity index (χ2v) is 13.6. The van der Waals surface area contributed by atoms with E-state index in [-0.39, 0.29) is 11.8 Å². The number of hydrogen-bond acceptors (Lipinski definition) is 9. The van der Waals surface area contributed by atoms with Gasteiger partial charge in [0.1, 0.15) is 11.6 Å². The molecule has 5 aromatic carbocycles. The zero-order chi connectivity index (χ0) is 37.0. The molecule has 262 valence electrons. The van der Waals surface area contributed by atoms with E-state index in [1.807, 2.05) is 140 Å². The second-order valence-electron chi connectivity index (χ2n) is 13.6. The molecule has 0 atom stereocenters. The van der Waals surface area contributed by atoms with Gasteiger partial charge in [0.25, 0.3) is 0 Å². The van der Waals surface area contributed by atoms with E-state index in [2.05, 4.69) is 27.7 Å². The summed E-state index contributed by atoms with van der Waals surface area (Å²) in [7, 11) is 0. The summed E-state index contributed by atoms with van der Waals surface area (Å²) >= 11 is 0. The molecule has 8 aromatic rings. The fourth-order valence-corrected chi connectivity index (χ4v) is 5.94. The van der Waals surface area contributed by atoms with Crippen molar-refractivity contribution in [2.75, 3.05) is 0 Å². The van der Waals surface area contributed by atoms with Gasteiger partial charge in [0, 0.05) is 50.8 Å². The van der Waals surface area contributed by atoms with Crippen LogP contribution in [0.25, 0.3) is 79.7 Å². The molecule has 0 spiro atoms. The van der Waals surface area contributed by atoms with Crippen LogP contribution in [0.3, 0.4) is 0 Å². The lowest BCUT2D eigenvalue weighted by molar-refractivity contribution is 0.766. The molecule has 9 heteroatoms. The predicted octanol–water partition coefficient (Wildman–Crippen LogP) is 10.2. The molecule has 0 aliphatic rings. The van der Waals surface area contributed by atoms with E-state index in [1.165, 1.54) is 0 Å². The monoisotopic (exact) mass is 703 g/mol. The third-order valence-electron chi connectivity index (χ3n) is 8.83. The Kier molecular flexibility index (Phi) is 9.51. The Morgan fingerprint density at radius 3 is 0.759 bits per heavy atom. The number of rotatable bonds is 9. The van der Waals surface area contributed by atoms with E-state index in [4.69, 9.17) is 44.9 Å². The molecule has 0 radical (unpaired) electrons. The standard InChI is InChI=1S/C45H37N9/c1-28(2)37-46-39(30-16-8-5-9-17-30)50-42(48-37)33-22-14-24-35(26-33)44-52-41(32-20-12-7-13-21-32)53-45(54-44)36-25-15-23-34(27-36)43-49-38(29(3)4)47-40(51-43)31-18-10-6-11-19-31/h5-29H,1-4H3. The third kappa shape index (κ3) is 7.38. The van der Waals surface area contributed by atoms with Crippen molar-refractivity contribution in [2.45, 2.75) is 39.5 Å². The number of nitrogens with zero attached hydrogens (tertiary/aromatic N) is 9. The minimum absolute atomic E-state index is 0.118. The zero-order valence-electron chi connectivity index (χ0n) is 30.5. The summed E-state index contributed by atoms with van der Waals surface area (Å²) in [6, 6.07) is 45.9. The largest absolute Gasteiger partial charge is 0.213 e. The van der Waals surface area contributed by atoms with Gasteiger partial charge in [-0.25, -0.2) is 44.9 Å². The summed E-state index contributed by atoms with van der Waals surface area (Å²) in [5.74, 6) is 5.77. The van der Waals surface area contributed by atoms with E-state index in [1.54, 1.807) is 0 Å². The Balaban J connectivity index is 1.23. The van der Waals surface area contributed by atoms with Crippen molar-refractivity contribution in [1.29, 1.82) is 0 Å². The van der Waals surface area contributed by atoms with Gasteiger partial charge in [0.2, 0.25) is 0 Å². The summed E-state index contributed by atoms with van der Waals surface area (Å²) in [6.07, 6.45) is 0. The average molecular weight is 704 g/mol. The van der Waals surface area contributed by atoms with Crippen LogP contribution in [-0.4, -0.2) is 44.9 Å². The van der Waals surface area contributed by atoms with Crippen LogP contribution < -0.4 is 0 Å². The lowest BCUT2D eigenvalue weighted by atomic mass is 10.1. The number of aromatic nitrogens is 9. The SMILES string of the molecule is CC(C)c1nc(-c2ccccc2)nc(-c2cccc(-c3nc(-c4ccccc4)nc(-c4cccc(-c5nc(-c6ccccc6)nc(C(C)C)n5)c4)n3)c2)n1. The molecule has 9 nitrogen and oxygen atoms in total. The van der Waals surface area contributed by atoms with E-state index in [0.29, 0.717) is 40.8 Å². The van der Waals surface area contributed by atoms with Gasteiger partial charge < -0.3 is 0 Å². The van der Waals surface area contributed by atoms with Crippen molar-refractivity contribution in [3.05, 3.63) is 151 Å². The minimum atomic E-state index is 0.118. The fourth-order valence-electron chi connectivity index (χ4n) is 5.94. The molecule has 0 aliphatic heterocycles. The highest BCUT2D eigenvalue weighted by atomic mass is 15.1. The third-order valence-corrected chi connectivity index (χ3v) is 8.83. The molecule has 54 heavy (non-hydrogen) atoms. The topological polar surface area (TPSA) is 116 Å². The van der Waals surface area contributed by atoms with Crippen LogP contribution in [0.4, 0.5) is 0 Å². The summed E-state index contributed by atoms with van der Waals surface area (Å²) in [4.78, 5) is 44.2. The van der Waals surface area contributed by atoms with Crippen molar-refractivity contribution < 1.29 is 0 Å². The Morgan fingerprint density at radius 2 is 0.481 bits per heavy atom. The molecule has 0 fully saturated rings. The first kappa shape index (κ1) is 34.2. The molecule has 3 heterocycles. The van der Waals surface area contributed by atoms with Crippen molar-refractivity contribution in [3.63, 3.8) is 0 Å². The fraction of sp³-hybridized carbons (Fsp3) is 0.133. The van der Waals surface area contributed by atoms with Crippen LogP contribution in [0.5, 0.6) is 0 Å². The first-order valence-corrected chi connectivity index (χ1v) is 18.0. The van der Waals surface area contributed by atoms with E-state index < -0.39 is 0 Å². The smallest absolute Gasteiger partial charge is 0.164 e. The molecular formula is C45H37N9. The van der Waals surface area contributed by atoms with Crippen molar-refractivity contribution >= 4 is 0 Å². The quantitative estimate of drug-likeness (QED) is 0.145.